The number of hydrogen-bond donors (Lipinski definition) is 2. The van der Waals surface area contributed by atoms with Gasteiger partial charge in [-0.3, -0.25) is 4.79 Å². The second-order valence-corrected chi connectivity index (χ2v) is 5.04. The number of carbonyl (C=O) groups excluding carboxylic acids is 1. The zero-order valence-corrected chi connectivity index (χ0v) is 11.4. The lowest BCUT2D eigenvalue weighted by molar-refractivity contribution is -0.122. The molecule has 0 radical (unpaired) electrons. The quantitative estimate of drug-likeness (QED) is 0.760. The summed E-state index contributed by atoms with van der Waals surface area (Å²) in [5, 5.41) is 18.6. The molecule has 1 aromatic heterocycles. The van der Waals surface area contributed by atoms with Gasteiger partial charge in [-0.2, -0.15) is 0 Å². The smallest absolute Gasteiger partial charge is 0.358 e. The largest absolute Gasteiger partial charge is 0.476 e. The molecular weight excluding hydrogens is 262 g/mol. The molecule has 20 heavy (non-hydrogen) atoms. The number of hydrogen-bond acceptors (Lipinski definition) is 5. The van der Waals surface area contributed by atoms with Crippen LogP contribution in [0.4, 0.5) is 0 Å². The molecule has 2 rings (SSSR count). The minimum Gasteiger partial charge on any atom is -0.476 e. The molecule has 1 aliphatic heterocycles. The van der Waals surface area contributed by atoms with Crippen molar-refractivity contribution in [2.45, 2.75) is 31.8 Å². The molecule has 0 bridgehead atoms. The molecule has 1 fully saturated rings. The fourth-order valence-corrected chi connectivity index (χ4v) is 2.31. The van der Waals surface area contributed by atoms with Crippen LogP contribution in [0.5, 0.6) is 0 Å². The van der Waals surface area contributed by atoms with Crippen molar-refractivity contribution in [1.82, 2.24) is 25.2 Å². The normalized spacial score (nSPS) is 19.8. The highest BCUT2D eigenvalue weighted by Gasteiger charge is 2.19. The van der Waals surface area contributed by atoms with E-state index in [9.17, 15) is 9.59 Å². The number of carbonyl (C=O) groups is 2. The van der Waals surface area contributed by atoms with Crippen LogP contribution in [0, 0.1) is 0 Å². The summed E-state index contributed by atoms with van der Waals surface area (Å²) >= 11 is 0. The Hall–Kier alpha value is -1.96. The maximum absolute atomic E-state index is 11.8. The molecule has 0 aromatic carbocycles. The van der Waals surface area contributed by atoms with Gasteiger partial charge in [-0.05, 0) is 26.4 Å². The van der Waals surface area contributed by atoms with Gasteiger partial charge in [0.1, 0.15) is 6.54 Å². The molecule has 1 aromatic rings. The number of aromatic nitrogens is 3. The Balaban J connectivity index is 1.78. The molecule has 1 unspecified atom stereocenters. The molecule has 0 aliphatic carbocycles. The van der Waals surface area contributed by atoms with Gasteiger partial charge in [-0.1, -0.05) is 11.6 Å². The van der Waals surface area contributed by atoms with Crippen LogP contribution in [0.1, 0.15) is 29.8 Å². The molecule has 110 valence electrons. The Bertz CT molecular complexity index is 487. The first-order chi connectivity index (χ1) is 9.56. The van der Waals surface area contributed by atoms with Gasteiger partial charge >= 0.3 is 5.97 Å². The molecule has 1 saturated heterocycles. The van der Waals surface area contributed by atoms with Crippen molar-refractivity contribution >= 4 is 11.9 Å². The number of aromatic carboxylic acids is 1. The minimum absolute atomic E-state index is 0.0171. The van der Waals surface area contributed by atoms with E-state index < -0.39 is 5.97 Å². The highest BCUT2D eigenvalue weighted by Crippen LogP contribution is 2.13. The van der Waals surface area contributed by atoms with Crippen molar-refractivity contribution in [3.05, 3.63) is 11.9 Å². The molecule has 8 heteroatoms. The fraction of sp³-hybridized carbons (Fsp3) is 0.667. The first kappa shape index (κ1) is 14.4. The highest BCUT2D eigenvalue weighted by molar-refractivity contribution is 5.84. The van der Waals surface area contributed by atoms with Crippen molar-refractivity contribution in [3.63, 3.8) is 0 Å². The van der Waals surface area contributed by atoms with E-state index in [1.807, 2.05) is 0 Å². The van der Waals surface area contributed by atoms with E-state index in [0.717, 1.165) is 13.0 Å². The van der Waals surface area contributed by atoms with Crippen molar-refractivity contribution < 1.29 is 14.7 Å². The molecule has 2 heterocycles. The van der Waals surface area contributed by atoms with Gasteiger partial charge in [0.15, 0.2) is 5.69 Å². The average Bonchev–Trinajstić information content (AvgIpc) is 2.86. The summed E-state index contributed by atoms with van der Waals surface area (Å²) in [7, 11) is 2.06. The Morgan fingerprint density at radius 2 is 2.30 bits per heavy atom. The van der Waals surface area contributed by atoms with Crippen LogP contribution in [0.2, 0.25) is 0 Å². The average molecular weight is 281 g/mol. The van der Waals surface area contributed by atoms with Crippen LogP contribution in [0.3, 0.4) is 0 Å². The van der Waals surface area contributed by atoms with E-state index in [2.05, 4.69) is 27.6 Å². The number of amides is 1. The van der Waals surface area contributed by atoms with Gasteiger partial charge in [0, 0.05) is 12.6 Å². The summed E-state index contributed by atoms with van der Waals surface area (Å²) in [6.07, 6.45) is 4.73. The Labute approximate surface area is 116 Å². The third-order valence-electron chi connectivity index (χ3n) is 3.52. The van der Waals surface area contributed by atoms with Crippen LogP contribution in [-0.4, -0.2) is 63.1 Å². The topological polar surface area (TPSA) is 100 Å². The number of carboxylic acid groups (broad SMARTS) is 1. The van der Waals surface area contributed by atoms with E-state index in [1.54, 1.807) is 0 Å². The third-order valence-corrected chi connectivity index (χ3v) is 3.52. The van der Waals surface area contributed by atoms with Crippen molar-refractivity contribution in [1.29, 1.82) is 0 Å². The lowest BCUT2D eigenvalue weighted by Gasteiger charge is -2.32. The van der Waals surface area contributed by atoms with Crippen LogP contribution in [0.15, 0.2) is 6.20 Å². The predicted molar refractivity (Wildman–Crippen MR) is 70.3 cm³/mol. The Kier molecular flexibility index (Phi) is 4.67. The van der Waals surface area contributed by atoms with Gasteiger partial charge in [0.25, 0.3) is 0 Å². The van der Waals surface area contributed by atoms with Gasteiger partial charge < -0.3 is 15.3 Å². The molecule has 1 aliphatic rings. The first-order valence-corrected chi connectivity index (χ1v) is 6.66. The lowest BCUT2D eigenvalue weighted by atomic mass is 10.0. The Morgan fingerprint density at radius 3 is 2.95 bits per heavy atom. The number of piperidine rings is 1. The van der Waals surface area contributed by atoms with E-state index >= 15 is 0 Å². The third kappa shape index (κ3) is 3.77. The standard InChI is InChI=1S/C12H19N5O3/c1-16-5-3-2-4-9(16)6-13-11(18)8-17-7-10(12(19)20)14-15-17/h7,9H,2-6,8H2,1H3,(H,13,18)(H,19,20). The zero-order valence-electron chi connectivity index (χ0n) is 11.4. The molecule has 2 N–H and O–H groups in total. The van der Waals surface area contributed by atoms with Crippen molar-refractivity contribution in [2.75, 3.05) is 20.1 Å². The van der Waals surface area contributed by atoms with Crippen molar-refractivity contribution in [2.24, 2.45) is 0 Å². The van der Waals surface area contributed by atoms with Gasteiger partial charge in [-0.25, -0.2) is 9.48 Å². The zero-order chi connectivity index (χ0) is 14.5. The first-order valence-electron chi connectivity index (χ1n) is 6.66. The fourth-order valence-electron chi connectivity index (χ4n) is 2.31. The maximum Gasteiger partial charge on any atom is 0.358 e. The summed E-state index contributed by atoms with van der Waals surface area (Å²) in [5.74, 6) is -1.34. The van der Waals surface area contributed by atoms with E-state index in [4.69, 9.17) is 5.11 Å². The number of carboxylic acids is 1. The second-order valence-electron chi connectivity index (χ2n) is 5.04. The Morgan fingerprint density at radius 1 is 1.50 bits per heavy atom. The molecule has 1 amide bonds. The number of rotatable bonds is 5. The highest BCUT2D eigenvalue weighted by atomic mass is 16.4. The van der Waals surface area contributed by atoms with Gasteiger partial charge in [0.2, 0.25) is 5.91 Å². The molecule has 1 atom stereocenters. The van der Waals surface area contributed by atoms with Crippen LogP contribution < -0.4 is 5.32 Å². The predicted octanol–water partition coefficient (Wildman–Crippen LogP) is -0.423. The van der Waals surface area contributed by atoms with E-state index in [-0.39, 0.29) is 18.1 Å². The minimum atomic E-state index is -1.15. The molecule has 0 spiro atoms. The summed E-state index contributed by atoms with van der Waals surface area (Å²) in [4.78, 5) is 24.7. The monoisotopic (exact) mass is 281 g/mol. The van der Waals surface area contributed by atoms with Crippen LogP contribution in [-0.2, 0) is 11.3 Å². The molecule has 0 saturated carbocycles. The SMILES string of the molecule is CN1CCCCC1CNC(=O)Cn1cc(C(=O)O)nn1. The van der Waals surface area contributed by atoms with Crippen LogP contribution in [0.25, 0.3) is 0 Å². The lowest BCUT2D eigenvalue weighted by Crippen LogP contribution is -2.45. The summed E-state index contributed by atoms with van der Waals surface area (Å²) < 4.78 is 1.23. The number of likely N-dealkylation sites (tertiary alicyclic amines) is 1. The number of likely N-dealkylation sites (N-methyl/N-ethyl adjacent to an activating group) is 1. The molecular formula is C12H19N5O3. The number of nitrogens with one attached hydrogen (secondary N) is 1. The van der Waals surface area contributed by atoms with E-state index in [1.165, 1.54) is 23.7 Å². The number of nitrogens with zero attached hydrogens (tertiary/aromatic N) is 4. The summed E-state index contributed by atoms with van der Waals surface area (Å²) in [6.45, 7) is 1.65. The summed E-state index contributed by atoms with van der Waals surface area (Å²) in [5.41, 5.74) is -0.162. The van der Waals surface area contributed by atoms with Crippen LogP contribution >= 0.6 is 0 Å². The maximum atomic E-state index is 11.8. The second kappa shape index (κ2) is 6.47. The van der Waals surface area contributed by atoms with Gasteiger partial charge in [0.05, 0.1) is 6.20 Å². The van der Waals surface area contributed by atoms with Crippen molar-refractivity contribution in [3.8, 4) is 0 Å². The summed E-state index contributed by atoms with van der Waals surface area (Å²) in [6, 6.07) is 0.373. The molecule has 8 nitrogen and oxygen atoms in total. The van der Waals surface area contributed by atoms with Gasteiger partial charge in [-0.15, -0.1) is 5.10 Å². The van der Waals surface area contributed by atoms with E-state index in [0.29, 0.717) is 12.6 Å².